The Morgan fingerprint density at radius 3 is 2.67 bits per heavy atom. The second kappa shape index (κ2) is 9.94. The van der Waals surface area contributed by atoms with Gasteiger partial charge in [-0.3, -0.25) is 24.0 Å². The number of imidazole rings is 1. The maximum absolute atomic E-state index is 12.8. The number of fused-ring (bicyclic) bond motifs is 1. The Morgan fingerprint density at radius 1 is 1.21 bits per heavy atom. The zero-order valence-electron chi connectivity index (χ0n) is 19.5. The number of imide groups is 1. The molecule has 0 spiro atoms. The van der Waals surface area contributed by atoms with Gasteiger partial charge >= 0.3 is 11.8 Å². The van der Waals surface area contributed by atoms with E-state index >= 15 is 0 Å². The zero-order valence-corrected chi connectivity index (χ0v) is 19.5. The summed E-state index contributed by atoms with van der Waals surface area (Å²) in [6, 6.07) is 4.73. The van der Waals surface area contributed by atoms with E-state index in [1.165, 1.54) is 9.13 Å². The fourth-order valence-corrected chi connectivity index (χ4v) is 3.68. The van der Waals surface area contributed by atoms with Crippen molar-refractivity contribution in [3.8, 4) is 11.8 Å². The first-order chi connectivity index (χ1) is 15.6. The highest BCUT2D eigenvalue weighted by molar-refractivity contribution is 6.00. The lowest BCUT2D eigenvalue weighted by atomic mass is 10.1. The zero-order chi connectivity index (χ0) is 24.2. The number of hydrogen-bond acceptors (Lipinski definition) is 5. The number of benzene rings is 1. The monoisotopic (exact) mass is 454 g/mol. The summed E-state index contributed by atoms with van der Waals surface area (Å²) in [5, 5.41) is 5.03. The molecule has 2 N–H and O–H groups in total. The minimum atomic E-state index is -0.704. The number of carbonyl (C=O) groups is 3. The van der Waals surface area contributed by atoms with Crippen molar-refractivity contribution in [1.82, 2.24) is 19.8 Å². The number of carbonyl (C=O) groups excluding carboxylic acids is 3. The Hall–Kier alpha value is -3.54. The van der Waals surface area contributed by atoms with Crippen LogP contribution in [0.25, 0.3) is 11.0 Å². The normalized spacial score (nSPS) is 16.2. The first-order valence-electron chi connectivity index (χ1n) is 11.1. The molecule has 176 valence electrons. The molecule has 3 amide bonds. The smallest absolute Gasteiger partial charge is 0.407 e. The molecule has 1 aromatic carbocycles. The minimum absolute atomic E-state index is 0.204. The number of piperidine rings is 1. The van der Waals surface area contributed by atoms with E-state index in [-0.39, 0.29) is 18.0 Å². The average molecular weight is 455 g/mol. The van der Waals surface area contributed by atoms with Gasteiger partial charge in [0, 0.05) is 32.0 Å². The van der Waals surface area contributed by atoms with Gasteiger partial charge in [-0.05, 0) is 58.2 Å². The van der Waals surface area contributed by atoms with E-state index in [4.69, 9.17) is 4.74 Å². The highest BCUT2D eigenvalue weighted by Gasteiger charge is 2.31. The molecule has 33 heavy (non-hydrogen) atoms. The van der Waals surface area contributed by atoms with Gasteiger partial charge in [0.2, 0.25) is 11.8 Å². The molecule has 0 radical (unpaired) electrons. The Bertz CT molecular complexity index is 1190. The maximum atomic E-state index is 12.8. The van der Waals surface area contributed by atoms with Crippen LogP contribution in [0.15, 0.2) is 23.0 Å². The van der Waals surface area contributed by atoms with E-state index in [0.29, 0.717) is 30.4 Å². The highest BCUT2D eigenvalue weighted by Crippen LogP contribution is 2.23. The second-order valence-electron chi connectivity index (χ2n) is 9.07. The maximum Gasteiger partial charge on any atom is 0.407 e. The third-order valence-electron chi connectivity index (χ3n) is 5.24. The molecule has 9 nitrogen and oxygen atoms in total. The molecule has 1 saturated heterocycles. The van der Waals surface area contributed by atoms with Crippen LogP contribution in [0.2, 0.25) is 0 Å². The van der Waals surface area contributed by atoms with E-state index in [1.807, 2.05) is 32.9 Å². The van der Waals surface area contributed by atoms with Crippen LogP contribution in [0.1, 0.15) is 64.5 Å². The summed E-state index contributed by atoms with van der Waals surface area (Å²) < 4.78 is 8.13. The molecule has 0 aliphatic carbocycles. The van der Waals surface area contributed by atoms with Gasteiger partial charge in [-0.1, -0.05) is 11.8 Å². The predicted octanol–water partition coefficient (Wildman–Crippen LogP) is 2.36. The fraction of sp³-hybridized carbons (Fsp3) is 0.500. The summed E-state index contributed by atoms with van der Waals surface area (Å²) in [5.41, 5.74) is 1.27. The van der Waals surface area contributed by atoms with E-state index in [1.54, 1.807) is 13.1 Å². The van der Waals surface area contributed by atoms with Crippen molar-refractivity contribution in [3.63, 3.8) is 0 Å². The Labute approximate surface area is 192 Å². The van der Waals surface area contributed by atoms with Gasteiger partial charge < -0.3 is 10.1 Å². The molecule has 1 unspecified atom stereocenters. The van der Waals surface area contributed by atoms with Crippen LogP contribution in [0.5, 0.6) is 0 Å². The summed E-state index contributed by atoms with van der Waals surface area (Å²) >= 11 is 0. The number of nitrogens with one attached hydrogen (secondary N) is 2. The number of nitrogens with zero attached hydrogens (tertiary/aromatic N) is 2. The molecular formula is C24H30N4O5. The van der Waals surface area contributed by atoms with Crippen molar-refractivity contribution < 1.29 is 19.1 Å². The lowest BCUT2D eigenvalue weighted by Gasteiger charge is -2.21. The van der Waals surface area contributed by atoms with Crippen LogP contribution in [0, 0.1) is 11.8 Å². The standard InChI is InChI=1S/C24H30N4O5/c1-24(2,3)33-22(31)25-14-8-6-5-7-9-16-10-11-17-19(15-16)27(4)23(32)28(17)18-12-13-20(29)26-21(18)30/h10-11,15,18H,5-6,8,12-14H2,1-4H3,(H,25,31)(H,26,29,30). The quantitative estimate of drug-likeness (QED) is 0.409. The van der Waals surface area contributed by atoms with Crippen molar-refractivity contribution in [2.75, 3.05) is 6.54 Å². The van der Waals surface area contributed by atoms with E-state index in [9.17, 15) is 19.2 Å². The van der Waals surface area contributed by atoms with Crippen LogP contribution < -0.4 is 16.3 Å². The first kappa shape index (κ1) is 24.1. The first-order valence-corrected chi connectivity index (χ1v) is 11.1. The van der Waals surface area contributed by atoms with E-state index in [0.717, 1.165) is 18.4 Å². The number of amides is 3. The molecule has 9 heteroatoms. The molecule has 0 bridgehead atoms. The molecule has 2 aromatic rings. The second-order valence-corrected chi connectivity index (χ2v) is 9.07. The highest BCUT2D eigenvalue weighted by atomic mass is 16.6. The topological polar surface area (TPSA) is 111 Å². The third-order valence-corrected chi connectivity index (χ3v) is 5.24. The van der Waals surface area contributed by atoms with Crippen molar-refractivity contribution in [1.29, 1.82) is 0 Å². The largest absolute Gasteiger partial charge is 0.444 e. The molecule has 1 aliphatic heterocycles. The van der Waals surface area contributed by atoms with Gasteiger partial charge in [-0.2, -0.15) is 0 Å². The van der Waals surface area contributed by atoms with Crippen molar-refractivity contribution in [2.24, 2.45) is 7.05 Å². The van der Waals surface area contributed by atoms with Gasteiger partial charge in [-0.15, -0.1) is 0 Å². The average Bonchev–Trinajstić information content (AvgIpc) is 2.96. The molecule has 1 aromatic heterocycles. The van der Waals surface area contributed by atoms with Gasteiger partial charge in [-0.25, -0.2) is 9.59 Å². The number of ether oxygens (including phenoxy) is 1. The minimum Gasteiger partial charge on any atom is -0.444 e. The Balaban J connectivity index is 1.60. The van der Waals surface area contributed by atoms with E-state index < -0.39 is 23.6 Å². The molecule has 1 fully saturated rings. The van der Waals surface area contributed by atoms with Crippen LogP contribution >= 0.6 is 0 Å². The number of aryl methyl sites for hydroxylation is 1. The fourth-order valence-electron chi connectivity index (χ4n) is 3.68. The van der Waals surface area contributed by atoms with Crippen LogP contribution in [-0.2, 0) is 21.4 Å². The number of rotatable bonds is 5. The van der Waals surface area contributed by atoms with Crippen LogP contribution in [-0.4, -0.2) is 39.2 Å². The van der Waals surface area contributed by atoms with Crippen LogP contribution in [0.3, 0.4) is 0 Å². The predicted molar refractivity (Wildman–Crippen MR) is 124 cm³/mol. The molecular weight excluding hydrogens is 424 g/mol. The number of hydrogen-bond donors (Lipinski definition) is 2. The summed E-state index contributed by atoms with van der Waals surface area (Å²) in [4.78, 5) is 48.1. The lowest BCUT2D eigenvalue weighted by molar-refractivity contribution is -0.135. The Kier molecular flexibility index (Phi) is 7.26. The number of unbranched alkanes of at least 4 members (excludes halogenated alkanes) is 2. The van der Waals surface area contributed by atoms with Gasteiger partial charge in [0.1, 0.15) is 11.6 Å². The number of aromatic nitrogens is 2. The summed E-state index contributed by atoms with van der Waals surface area (Å²) in [6.45, 7) is 5.99. The lowest BCUT2D eigenvalue weighted by Crippen LogP contribution is -2.44. The van der Waals surface area contributed by atoms with Gasteiger partial charge in [0.15, 0.2) is 0 Å². The molecule has 3 rings (SSSR count). The van der Waals surface area contributed by atoms with Gasteiger partial charge in [0.25, 0.3) is 0 Å². The molecule has 1 aliphatic rings. The molecule has 0 saturated carbocycles. The molecule has 1 atom stereocenters. The van der Waals surface area contributed by atoms with Crippen molar-refractivity contribution in [2.45, 2.75) is 64.5 Å². The van der Waals surface area contributed by atoms with E-state index in [2.05, 4.69) is 22.5 Å². The Morgan fingerprint density at radius 2 is 1.97 bits per heavy atom. The van der Waals surface area contributed by atoms with Gasteiger partial charge in [0.05, 0.1) is 11.0 Å². The SMILES string of the molecule is Cn1c(=O)n(C2CCC(=O)NC2=O)c2ccc(C#CCCCCNC(=O)OC(C)(C)C)cc21. The molecule has 2 heterocycles. The summed E-state index contributed by atoms with van der Waals surface area (Å²) in [6.07, 6.45) is 2.37. The third kappa shape index (κ3) is 6.04. The van der Waals surface area contributed by atoms with Crippen LogP contribution in [0.4, 0.5) is 4.79 Å². The van der Waals surface area contributed by atoms with Crippen molar-refractivity contribution in [3.05, 3.63) is 34.2 Å². The number of alkyl carbamates (subject to hydrolysis) is 1. The summed E-state index contributed by atoms with van der Waals surface area (Å²) in [7, 11) is 1.65. The summed E-state index contributed by atoms with van der Waals surface area (Å²) in [5.74, 6) is 5.46. The van der Waals surface area contributed by atoms with Crippen molar-refractivity contribution >= 4 is 28.9 Å².